The Morgan fingerprint density at radius 1 is 0.859 bits per heavy atom. The summed E-state index contributed by atoms with van der Waals surface area (Å²) < 4.78 is 38.7. The normalized spacial score (nSPS) is 46.3. The van der Waals surface area contributed by atoms with E-state index in [0.717, 1.165) is 44.3 Å². The first-order chi connectivity index (χ1) is 29.8. The third-order valence-corrected chi connectivity index (χ3v) is 15.0. The molecule has 15 nitrogen and oxygen atoms in total. The first kappa shape index (κ1) is 53.4. The molecule has 18 atom stereocenters. The maximum Gasteiger partial charge on any atom is 0.330 e. The largest absolute Gasteiger partial charge is 0.459 e. The van der Waals surface area contributed by atoms with Crippen molar-refractivity contribution in [3.63, 3.8) is 0 Å². The van der Waals surface area contributed by atoms with Crippen molar-refractivity contribution >= 4 is 5.97 Å². The molecule has 5 heterocycles. The second kappa shape index (κ2) is 21.8. The molecule has 0 saturated carbocycles. The number of allylic oxidation sites excluding steroid dienone is 1. The summed E-state index contributed by atoms with van der Waals surface area (Å²) in [5, 5.41) is 81.8. The molecule has 0 aliphatic carbocycles. The summed E-state index contributed by atoms with van der Waals surface area (Å²) in [6.45, 7) is 14.0. The van der Waals surface area contributed by atoms with Crippen LogP contribution >= 0.6 is 0 Å². The van der Waals surface area contributed by atoms with Gasteiger partial charge in [-0.3, -0.25) is 0 Å². The molecule has 5 aliphatic heterocycles. The summed E-state index contributed by atoms with van der Waals surface area (Å²) in [6, 6.07) is 0.128. The predicted octanol–water partition coefficient (Wildman–Crippen LogP) is 4.78. The number of hydrogen-bond donors (Lipinski definition) is 7. The molecule has 15 heteroatoms. The van der Waals surface area contributed by atoms with E-state index in [2.05, 4.69) is 11.0 Å². The molecule has 4 fully saturated rings. The Balaban J connectivity index is 1.45. The van der Waals surface area contributed by atoms with E-state index < -0.39 is 95.2 Å². The molecule has 64 heavy (non-hydrogen) atoms. The Hall–Kier alpha value is -1.57. The molecule has 0 aromatic rings. The summed E-state index contributed by atoms with van der Waals surface area (Å²) >= 11 is 0. The minimum Gasteiger partial charge on any atom is -0.459 e. The third kappa shape index (κ3) is 13.4. The average molecular weight is 912 g/mol. The van der Waals surface area contributed by atoms with Gasteiger partial charge in [0.15, 0.2) is 17.9 Å². The smallest absolute Gasteiger partial charge is 0.330 e. The van der Waals surface area contributed by atoms with Crippen LogP contribution in [0.25, 0.3) is 0 Å². The number of carbonyl (C=O) groups excluding carboxylic acids is 1. The molecule has 5 rings (SSSR count). The zero-order valence-electron chi connectivity index (χ0n) is 40.4. The van der Waals surface area contributed by atoms with E-state index in [4.69, 9.17) is 28.4 Å². The van der Waals surface area contributed by atoms with Crippen molar-refractivity contribution in [1.82, 2.24) is 4.90 Å². The van der Waals surface area contributed by atoms with Gasteiger partial charge in [0.2, 0.25) is 0 Å². The van der Waals surface area contributed by atoms with Crippen molar-refractivity contribution in [1.29, 1.82) is 0 Å². The fraction of sp³-hybridized carbons (Fsp3) is 0.898. The fourth-order valence-corrected chi connectivity index (χ4v) is 10.9. The van der Waals surface area contributed by atoms with E-state index in [9.17, 15) is 40.5 Å². The lowest BCUT2D eigenvalue weighted by molar-refractivity contribution is -0.352. The number of likely N-dealkylation sites (N-methyl/N-ethyl adjacent to an activating group) is 1. The first-order valence-corrected chi connectivity index (χ1v) is 24.3. The van der Waals surface area contributed by atoms with Gasteiger partial charge in [0.1, 0.15) is 23.9 Å². The van der Waals surface area contributed by atoms with Crippen LogP contribution in [0.3, 0.4) is 0 Å². The van der Waals surface area contributed by atoms with Gasteiger partial charge in [-0.05, 0) is 119 Å². The quantitative estimate of drug-likeness (QED) is 0.141. The van der Waals surface area contributed by atoms with Crippen LogP contribution in [0.15, 0.2) is 24.3 Å². The van der Waals surface area contributed by atoms with Crippen LogP contribution < -0.4 is 0 Å². The van der Waals surface area contributed by atoms with Crippen LogP contribution in [-0.2, 0) is 33.2 Å². The van der Waals surface area contributed by atoms with E-state index in [1.807, 2.05) is 54.8 Å². The summed E-state index contributed by atoms with van der Waals surface area (Å²) in [6.07, 6.45) is 4.66. The molecular formula is C49H85NO14. The van der Waals surface area contributed by atoms with Gasteiger partial charge >= 0.3 is 5.97 Å². The number of carbonyl (C=O) groups is 1. The Kier molecular flexibility index (Phi) is 18.2. The topological polar surface area (TPSA) is 217 Å². The Morgan fingerprint density at radius 2 is 1.58 bits per heavy atom. The molecule has 5 aliphatic rings. The van der Waals surface area contributed by atoms with E-state index >= 15 is 0 Å². The van der Waals surface area contributed by atoms with Gasteiger partial charge in [0.25, 0.3) is 0 Å². The second-order valence-corrected chi connectivity index (χ2v) is 21.4. The van der Waals surface area contributed by atoms with Crippen LogP contribution in [0.5, 0.6) is 0 Å². The van der Waals surface area contributed by atoms with E-state index in [1.54, 1.807) is 0 Å². The van der Waals surface area contributed by atoms with Gasteiger partial charge in [-0.1, -0.05) is 45.8 Å². The minimum absolute atomic E-state index is 0.0790. The summed E-state index contributed by atoms with van der Waals surface area (Å²) in [4.78, 5) is 15.8. The van der Waals surface area contributed by atoms with Gasteiger partial charge in [-0.2, -0.15) is 0 Å². The number of hydrogen-bond acceptors (Lipinski definition) is 15. The number of esters is 1. The van der Waals surface area contributed by atoms with Crippen LogP contribution in [0.2, 0.25) is 0 Å². The summed E-state index contributed by atoms with van der Waals surface area (Å²) in [5.74, 6) is -5.49. The number of nitrogens with zero attached hydrogens (tertiary/aromatic N) is 1. The van der Waals surface area contributed by atoms with Gasteiger partial charge in [0.05, 0.1) is 47.8 Å². The average Bonchev–Trinajstić information content (AvgIpc) is 3.45. The maximum absolute atomic E-state index is 13.8. The molecule has 2 bridgehead atoms. The Labute approximate surface area is 382 Å². The monoisotopic (exact) mass is 912 g/mol. The molecule has 1 spiro atoms. The van der Waals surface area contributed by atoms with E-state index in [-0.39, 0.29) is 43.4 Å². The maximum atomic E-state index is 13.8. The number of aliphatic hydroxyl groups excluding tert-OH is 4. The Bertz CT molecular complexity index is 1550. The lowest BCUT2D eigenvalue weighted by atomic mass is 9.79. The van der Waals surface area contributed by atoms with Crippen molar-refractivity contribution in [2.75, 3.05) is 14.1 Å². The zero-order chi connectivity index (χ0) is 47.4. The van der Waals surface area contributed by atoms with Crippen LogP contribution in [-0.4, -0.2) is 156 Å². The minimum atomic E-state index is -2.08. The summed E-state index contributed by atoms with van der Waals surface area (Å²) in [5.41, 5.74) is -4.43. The molecule has 0 aromatic carbocycles. The number of rotatable bonds is 6. The first-order valence-electron chi connectivity index (χ1n) is 24.3. The zero-order valence-corrected chi connectivity index (χ0v) is 40.4. The van der Waals surface area contributed by atoms with Crippen LogP contribution in [0, 0.1) is 17.8 Å². The molecular weight excluding hydrogens is 827 g/mol. The highest BCUT2D eigenvalue weighted by Gasteiger charge is 2.56. The third-order valence-electron chi connectivity index (χ3n) is 15.0. The highest BCUT2D eigenvalue weighted by Crippen LogP contribution is 2.49. The van der Waals surface area contributed by atoms with E-state index in [0.29, 0.717) is 44.9 Å². The molecule has 370 valence electrons. The van der Waals surface area contributed by atoms with Crippen molar-refractivity contribution in [2.24, 2.45) is 17.8 Å². The van der Waals surface area contributed by atoms with E-state index in [1.165, 1.54) is 20.8 Å². The lowest BCUT2D eigenvalue weighted by Gasteiger charge is -2.51. The number of ether oxygens (including phenoxy) is 6. The molecule has 0 aromatic heterocycles. The van der Waals surface area contributed by atoms with Gasteiger partial charge < -0.3 is 69.1 Å². The summed E-state index contributed by atoms with van der Waals surface area (Å²) in [7, 11) is 3.94. The van der Waals surface area contributed by atoms with Crippen molar-refractivity contribution in [3.05, 3.63) is 24.3 Å². The van der Waals surface area contributed by atoms with Crippen LogP contribution in [0.4, 0.5) is 0 Å². The molecule has 0 amide bonds. The van der Waals surface area contributed by atoms with Gasteiger partial charge in [0, 0.05) is 49.1 Å². The lowest BCUT2D eigenvalue weighted by Crippen LogP contribution is -2.58. The fourth-order valence-electron chi connectivity index (χ4n) is 10.9. The highest BCUT2D eigenvalue weighted by atomic mass is 16.7. The van der Waals surface area contributed by atoms with Crippen molar-refractivity contribution in [3.8, 4) is 0 Å². The molecule has 3 unspecified atom stereocenters. The number of fused-ring (bicyclic) bond motifs is 3. The predicted molar refractivity (Wildman–Crippen MR) is 239 cm³/mol. The highest BCUT2D eigenvalue weighted by molar-refractivity contribution is 5.82. The molecule has 4 saturated heterocycles. The number of aliphatic hydroxyl groups is 7. The SMILES string of the molecule is CC[C@@H](O)C[C@H]1CCC[C@@]2(C[C@@H]3OC(=O)C=C[C@@](C)(O)[C@@H](O)[C@H](C)[C@@H](O)[C@H](OC4CCC(N(C)C)C(C)O4)[C@@H](O)[C@](C)(O)CCCCCC=C[C@@H]4CC(C)(C)O[C@@]4(O)C[C@H](O2)[C@H]3C)O1. The molecule has 0 radical (unpaired) electrons. The standard InChI is InChI=1S/C49H85NO14/c1-11-34(51)26-35-19-17-24-48(62-35)28-37-30(2)38(63-48)29-49(58)33(27-45(5,6)64-49)18-15-13-12-14-16-23-46(7,56)44(55)42(61-40-21-20-36(50(9)10)32(4)59-40)41(53)31(3)43(54)47(8,57)25-22-39(52)60-37/h15,18,22,25,30-38,40-44,51,53-58H,11-14,16-17,19-21,23-24,26-29H2,1-10H3/t30-,31+,32?,33+,34+,35+,36?,37-,38-,40?,41+,42-,43-,44+,46+,47+,48+,49-/m0/s1. The Morgan fingerprint density at radius 3 is 2.25 bits per heavy atom. The van der Waals surface area contributed by atoms with Crippen molar-refractivity contribution < 1.29 is 69.0 Å². The molecule has 7 N–H and O–H groups in total. The van der Waals surface area contributed by atoms with Gasteiger partial charge in [-0.15, -0.1) is 0 Å². The van der Waals surface area contributed by atoms with Crippen LogP contribution in [0.1, 0.15) is 152 Å². The van der Waals surface area contributed by atoms with Gasteiger partial charge in [-0.25, -0.2) is 4.79 Å². The van der Waals surface area contributed by atoms with Crippen molar-refractivity contribution in [2.45, 2.75) is 247 Å². The second-order valence-electron chi connectivity index (χ2n) is 21.4.